The monoisotopic (exact) mass is 328 g/mol. The fraction of sp³-hybridized carbons (Fsp3) is 0.250. The maximum absolute atomic E-state index is 12.6. The van der Waals surface area contributed by atoms with Crippen LogP contribution in [0.5, 0.6) is 0 Å². The minimum Gasteiger partial charge on any atom is -0.467 e. The van der Waals surface area contributed by atoms with E-state index in [4.69, 9.17) is 4.74 Å². The standard InChI is InChI=1S/C16H16N4O4/c1-18-13-12(14(21)19(2)16(18)23)20(9-17-13)11(15(22)24-3)10-7-5-4-6-8-10/h4-9,11H,1-3H3/t11-/m1/s1. The zero-order valence-corrected chi connectivity index (χ0v) is 13.5. The number of esters is 1. The molecule has 1 aromatic carbocycles. The molecule has 0 spiro atoms. The molecular formula is C16H16N4O4. The van der Waals surface area contributed by atoms with Crippen LogP contribution in [0.15, 0.2) is 46.2 Å². The lowest BCUT2D eigenvalue weighted by molar-refractivity contribution is -0.143. The molecule has 0 unspecified atom stereocenters. The van der Waals surface area contributed by atoms with E-state index in [1.807, 2.05) is 6.07 Å². The highest BCUT2D eigenvalue weighted by Crippen LogP contribution is 2.22. The lowest BCUT2D eigenvalue weighted by Crippen LogP contribution is -2.38. The van der Waals surface area contributed by atoms with E-state index in [0.29, 0.717) is 5.56 Å². The molecular weight excluding hydrogens is 312 g/mol. The van der Waals surface area contributed by atoms with Gasteiger partial charge in [0, 0.05) is 14.1 Å². The van der Waals surface area contributed by atoms with Crippen LogP contribution >= 0.6 is 0 Å². The number of imidazole rings is 1. The van der Waals surface area contributed by atoms with Gasteiger partial charge in [-0.1, -0.05) is 30.3 Å². The number of methoxy groups -OCH3 is 1. The normalized spacial score (nSPS) is 12.3. The fourth-order valence-corrected chi connectivity index (χ4v) is 2.72. The van der Waals surface area contributed by atoms with Gasteiger partial charge in [-0.05, 0) is 5.56 Å². The number of hydrogen-bond donors (Lipinski definition) is 0. The van der Waals surface area contributed by atoms with Crippen molar-refractivity contribution in [2.75, 3.05) is 7.11 Å². The van der Waals surface area contributed by atoms with Crippen molar-refractivity contribution in [1.82, 2.24) is 18.7 Å². The van der Waals surface area contributed by atoms with Crippen molar-refractivity contribution in [3.05, 3.63) is 63.1 Å². The van der Waals surface area contributed by atoms with Crippen LogP contribution in [0.1, 0.15) is 11.6 Å². The van der Waals surface area contributed by atoms with Gasteiger partial charge in [0.25, 0.3) is 5.56 Å². The van der Waals surface area contributed by atoms with E-state index < -0.39 is 23.3 Å². The summed E-state index contributed by atoms with van der Waals surface area (Å²) >= 11 is 0. The smallest absolute Gasteiger partial charge is 0.333 e. The number of ether oxygens (including phenoxy) is 1. The quantitative estimate of drug-likeness (QED) is 0.641. The van der Waals surface area contributed by atoms with E-state index in [9.17, 15) is 14.4 Å². The van der Waals surface area contributed by atoms with E-state index in [-0.39, 0.29) is 11.2 Å². The lowest BCUT2D eigenvalue weighted by atomic mass is 10.1. The first kappa shape index (κ1) is 15.7. The van der Waals surface area contributed by atoms with Gasteiger partial charge >= 0.3 is 11.7 Å². The molecule has 0 saturated heterocycles. The molecule has 1 atom stereocenters. The molecule has 0 amide bonds. The molecule has 2 heterocycles. The first-order valence-electron chi connectivity index (χ1n) is 7.22. The van der Waals surface area contributed by atoms with Crippen molar-refractivity contribution in [3.63, 3.8) is 0 Å². The lowest BCUT2D eigenvalue weighted by Gasteiger charge is -2.17. The fourth-order valence-electron chi connectivity index (χ4n) is 2.72. The summed E-state index contributed by atoms with van der Waals surface area (Å²) in [7, 11) is 4.19. The summed E-state index contributed by atoms with van der Waals surface area (Å²) in [5.74, 6) is -0.531. The van der Waals surface area contributed by atoms with Crippen LogP contribution < -0.4 is 11.2 Å². The highest BCUT2D eigenvalue weighted by molar-refractivity contribution is 5.81. The number of nitrogens with zero attached hydrogens (tertiary/aromatic N) is 4. The van der Waals surface area contributed by atoms with Crippen LogP contribution in [-0.2, 0) is 23.6 Å². The molecule has 124 valence electrons. The molecule has 24 heavy (non-hydrogen) atoms. The summed E-state index contributed by atoms with van der Waals surface area (Å²) in [5.41, 5.74) is 0.0360. The Hall–Kier alpha value is -3.16. The number of carbonyl (C=O) groups excluding carboxylic acids is 1. The van der Waals surface area contributed by atoms with Crippen LogP contribution in [-0.4, -0.2) is 31.8 Å². The van der Waals surface area contributed by atoms with Crippen LogP contribution in [0.3, 0.4) is 0 Å². The minimum absolute atomic E-state index is 0.166. The van der Waals surface area contributed by atoms with Gasteiger partial charge in [-0.25, -0.2) is 14.6 Å². The van der Waals surface area contributed by atoms with Crippen LogP contribution in [0.2, 0.25) is 0 Å². The zero-order valence-electron chi connectivity index (χ0n) is 13.5. The summed E-state index contributed by atoms with van der Waals surface area (Å²) in [4.78, 5) is 41.1. The zero-order chi connectivity index (χ0) is 17.4. The molecule has 3 aromatic rings. The summed E-state index contributed by atoms with van der Waals surface area (Å²) in [6.07, 6.45) is 1.38. The summed E-state index contributed by atoms with van der Waals surface area (Å²) in [6.45, 7) is 0. The molecule has 3 rings (SSSR count). The van der Waals surface area contributed by atoms with E-state index in [0.717, 1.165) is 4.57 Å². The maximum Gasteiger partial charge on any atom is 0.333 e. The average Bonchev–Trinajstić information content (AvgIpc) is 3.04. The third-order valence-corrected chi connectivity index (χ3v) is 3.99. The molecule has 8 heteroatoms. The SMILES string of the molecule is COC(=O)[C@@H](c1ccccc1)n1cnc2c1c(=O)n(C)c(=O)n2C. The van der Waals surface area contributed by atoms with Crippen molar-refractivity contribution in [3.8, 4) is 0 Å². The van der Waals surface area contributed by atoms with Crippen molar-refractivity contribution >= 4 is 17.1 Å². The summed E-state index contributed by atoms with van der Waals surface area (Å²) < 4.78 is 8.60. The molecule has 2 aromatic heterocycles. The van der Waals surface area contributed by atoms with Gasteiger partial charge in [-0.15, -0.1) is 0 Å². The molecule has 0 bridgehead atoms. The molecule has 0 fully saturated rings. The summed E-state index contributed by atoms with van der Waals surface area (Å²) in [5, 5.41) is 0. The second kappa shape index (κ2) is 5.80. The van der Waals surface area contributed by atoms with E-state index >= 15 is 0 Å². The van der Waals surface area contributed by atoms with Crippen LogP contribution in [0, 0.1) is 0 Å². The van der Waals surface area contributed by atoms with Crippen LogP contribution in [0.25, 0.3) is 11.2 Å². The van der Waals surface area contributed by atoms with Crippen molar-refractivity contribution in [1.29, 1.82) is 0 Å². The molecule has 0 aliphatic heterocycles. The van der Waals surface area contributed by atoms with Crippen molar-refractivity contribution in [2.45, 2.75) is 6.04 Å². The van der Waals surface area contributed by atoms with Crippen molar-refractivity contribution in [2.24, 2.45) is 14.1 Å². The molecule has 0 aliphatic carbocycles. The van der Waals surface area contributed by atoms with Gasteiger partial charge in [0.1, 0.15) is 0 Å². The first-order valence-corrected chi connectivity index (χ1v) is 7.22. The van der Waals surface area contributed by atoms with Gasteiger partial charge in [0.05, 0.1) is 13.4 Å². The van der Waals surface area contributed by atoms with Gasteiger partial charge in [-0.2, -0.15) is 0 Å². The highest BCUT2D eigenvalue weighted by Gasteiger charge is 2.27. The second-order valence-corrected chi connectivity index (χ2v) is 5.37. The predicted octanol–water partition coefficient (Wildman–Crippen LogP) is 0.196. The predicted molar refractivity (Wildman–Crippen MR) is 86.8 cm³/mol. The Morgan fingerprint density at radius 3 is 2.42 bits per heavy atom. The summed E-state index contributed by atoms with van der Waals surface area (Å²) in [6, 6.07) is 8.06. The van der Waals surface area contributed by atoms with Gasteiger partial charge < -0.3 is 9.30 Å². The Morgan fingerprint density at radius 1 is 1.12 bits per heavy atom. The van der Waals surface area contributed by atoms with Crippen LogP contribution in [0.4, 0.5) is 0 Å². The Bertz CT molecular complexity index is 1030. The Morgan fingerprint density at radius 2 is 1.79 bits per heavy atom. The minimum atomic E-state index is -0.869. The molecule has 0 saturated carbocycles. The van der Waals surface area contributed by atoms with E-state index in [1.165, 1.54) is 36.7 Å². The molecule has 0 N–H and O–H groups in total. The number of rotatable bonds is 3. The molecule has 0 radical (unpaired) electrons. The number of carbonyl (C=O) groups is 1. The topological polar surface area (TPSA) is 88.1 Å². The Kier molecular flexibility index (Phi) is 3.80. The highest BCUT2D eigenvalue weighted by atomic mass is 16.5. The second-order valence-electron chi connectivity index (χ2n) is 5.37. The Balaban J connectivity index is 2.37. The third-order valence-electron chi connectivity index (χ3n) is 3.99. The third kappa shape index (κ3) is 2.23. The van der Waals surface area contributed by atoms with E-state index in [2.05, 4.69) is 4.98 Å². The van der Waals surface area contributed by atoms with E-state index in [1.54, 1.807) is 24.3 Å². The Labute approximate surface area is 136 Å². The van der Waals surface area contributed by atoms with Gasteiger partial charge in [0.15, 0.2) is 17.2 Å². The first-order chi connectivity index (χ1) is 11.5. The van der Waals surface area contributed by atoms with Gasteiger partial charge in [-0.3, -0.25) is 13.9 Å². The van der Waals surface area contributed by atoms with Crippen molar-refractivity contribution < 1.29 is 9.53 Å². The number of hydrogen-bond acceptors (Lipinski definition) is 5. The maximum atomic E-state index is 12.6. The largest absolute Gasteiger partial charge is 0.467 e. The molecule has 8 nitrogen and oxygen atoms in total. The number of aryl methyl sites for hydroxylation is 1. The number of aromatic nitrogens is 4. The average molecular weight is 328 g/mol. The molecule has 0 aliphatic rings. The number of fused-ring (bicyclic) bond motifs is 1. The van der Waals surface area contributed by atoms with Gasteiger partial charge in [0.2, 0.25) is 0 Å². The number of benzene rings is 1.